The lowest BCUT2D eigenvalue weighted by atomic mass is 9.91. The Morgan fingerprint density at radius 2 is 1.21 bits per heavy atom. The van der Waals surface area contributed by atoms with Crippen LogP contribution in [0.4, 0.5) is 0 Å². The Bertz CT molecular complexity index is 2560. The minimum Gasteiger partial charge on any atom is -0.226 e. The van der Waals surface area contributed by atoms with Crippen molar-refractivity contribution in [3.05, 3.63) is 185 Å². The smallest absolute Gasteiger partial charge is 0.226 e. The molecule has 0 saturated heterocycles. The Morgan fingerprint density at radius 3 is 1.98 bits per heavy atom. The van der Waals surface area contributed by atoms with Gasteiger partial charge in [-0.15, -0.1) is 16.0 Å². The molecule has 3 heterocycles. The molecule has 1 N–H and O–H groups in total. The molecular formula is C44H32N3S+. The van der Waals surface area contributed by atoms with Gasteiger partial charge in [0.1, 0.15) is 5.52 Å². The number of benzene rings is 6. The molecule has 6 aromatic carbocycles. The molecule has 0 spiro atoms. The second-order valence-corrected chi connectivity index (χ2v) is 13.7. The number of amidine groups is 1. The van der Waals surface area contributed by atoms with Crippen molar-refractivity contribution in [2.24, 2.45) is 0 Å². The van der Waals surface area contributed by atoms with Gasteiger partial charge in [0.05, 0.1) is 15.8 Å². The van der Waals surface area contributed by atoms with Gasteiger partial charge < -0.3 is 0 Å². The number of hydrogen-bond acceptors (Lipinski definition) is 2. The van der Waals surface area contributed by atoms with Gasteiger partial charge in [-0.3, -0.25) is 0 Å². The van der Waals surface area contributed by atoms with E-state index < -0.39 is 0 Å². The molecule has 0 radical (unpaired) electrons. The summed E-state index contributed by atoms with van der Waals surface area (Å²) in [6.45, 7) is 0. The van der Waals surface area contributed by atoms with E-state index in [2.05, 4.69) is 172 Å². The summed E-state index contributed by atoms with van der Waals surface area (Å²) in [7, 11) is 0. The molecule has 0 saturated carbocycles. The summed E-state index contributed by atoms with van der Waals surface area (Å²) < 4.78 is 6.36. The molecule has 4 heteroatoms. The first kappa shape index (κ1) is 27.4. The predicted octanol–water partition coefficient (Wildman–Crippen LogP) is 10.6. The van der Waals surface area contributed by atoms with E-state index >= 15 is 0 Å². The highest BCUT2D eigenvalue weighted by Gasteiger charge is 2.43. The molecule has 1 unspecified atom stereocenters. The van der Waals surface area contributed by atoms with Crippen LogP contribution in [0.2, 0.25) is 0 Å². The predicted molar refractivity (Wildman–Crippen MR) is 201 cm³/mol. The lowest BCUT2D eigenvalue weighted by Crippen LogP contribution is -2.55. The van der Waals surface area contributed by atoms with Crippen molar-refractivity contribution in [1.82, 2.24) is 9.99 Å². The van der Waals surface area contributed by atoms with E-state index in [9.17, 15) is 0 Å². The minimum atomic E-state index is -0.0152. The van der Waals surface area contributed by atoms with Crippen LogP contribution in [0.25, 0.3) is 48.6 Å². The maximum atomic E-state index is 3.88. The number of fused-ring (bicyclic) bond motifs is 7. The highest BCUT2D eigenvalue weighted by Crippen LogP contribution is 2.46. The lowest BCUT2D eigenvalue weighted by Gasteiger charge is -2.30. The fourth-order valence-electron chi connectivity index (χ4n) is 7.70. The normalized spacial score (nSPS) is 15.8. The molecule has 10 rings (SSSR count). The first-order valence-corrected chi connectivity index (χ1v) is 17.5. The molecule has 8 aromatic rings. The molecule has 1 aliphatic heterocycles. The van der Waals surface area contributed by atoms with Crippen molar-refractivity contribution in [3.8, 4) is 11.1 Å². The minimum absolute atomic E-state index is 0.0152. The fourth-order valence-corrected chi connectivity index (χ4v) is 9.15. The third-order valence-electron chi connectivity index (χ3n) is 9.98. The zero-order valence-electron chi connectivity index (χ0n) is 26.3. The van der Waals surface area contributed by atoms with Crippen molar-refractivity contribution >= 4 is 54.6 Å². The molecule has 0 bridgehead atoms. The van der Waals surface area contributed by atoms with Crippen molar-refractivity contribution in [1.29, 1.82) is 0 Å². The van der Waals surface area contributed by atoms with Crippen LogP contribution in [-0.2, 0) is 6.42 Å². The third-order valence-corrected chi connectivity index (χ3v) is 11.3. The Kier molecular flexibility index (Phi) is 6.24. The number of aryl methyl sites for hydroxylation is 1. The summed E-state index contributed by atoms with van der Waals surface area (Å²) in [4.78, 5) is 1.41. The van der Waals surface area contributed by atoms with Crippen LogP contribution in [0.1, 0.15) is 39.7 Å². The van der Waals surface area contributed by atoms with Crippen LogP contribution in [0.5, 0.6) is 0 Å². The number of allylic oxidation sites excluding steroid dienone is 1. The van der Waals surface area contributed by atoms with Gasteiger partial charge in [-0.1, -0.05) is 140 Å². The highest BCUT2D eigenvalue weighted by atomic mass is 32.1. The summed E-state index contributed by atoms with van der Waals surface area (Å²) in [6.07, 6.45) is 4.56. The van der Waals surface area contributed by atoms with Crippen molar-refractivity contribution < 1.29 is 4.68 Å². The molecule has 2 aromatic heterocycles. The van der Waals surface area contributed by atoms with E-state index in [0.717, 1.165) is 18.7 Å². The highest BCUT2D eigenvalue weighted by molar-refractivity contribution is 7.21. The van der Waals surface area contributed by atoms with Crippen molar-refractivity contribution in [3.63, 3.8) is 0 Å². The molecule has 1 atom stereocenters. The van der Waals surface area contributed by atoms with E-state index in [1.54, 1.807) is 0 Å². The van der Waals surface area contributed by atoms with Gasteiger partial charge in [0, 0.05) is 21.2 Å². The average Bonchev–Trinajstić information content (AvgIpc) is 3.69. The molecule has 0 amide bonds. The zero-order valence-corrected chi connectivity index (χ0v) is 27.1. The Hall–Kier alpha value is -5.71. The average molecular weight is 635 g/mol. The first-order chi connectivity index (χ1) is 23.8. The Morgan fingerprint density at radius 1 is 0.583 bits per heavy atom. The largest absolute Gasteiger partial charge is 0.308 e. The molecule has 48 heavy (non-hydrogen) atoms. The lowest BCUT2D eigenvalue weighted by molar-refractivity contribution is -0.652. The number of hydrogen-bond donors (Lipinski definition) is 1. The second-order valence-electron chi connectivity index (χ2n) is 12.7. The van der Waals surface area contributed by atoms with Gasteiger partial charge in [-0.25, -0.2) is 5.32 Å². The van der Waals surface area contributed by atoms with Crippen LogP contribution in [-0.4, -0.2) is 15.2 Å². The van der Waals surface area contributed by atoms with E-state index in [1.807, 2.05) is 11.3 Å². The summed E-state index contributed by atoms with van der Waals surface area (Å²) in [5, 5.41) is 7.83. The van der Waals surface area contributed by atoms with Gasteiger partial charge in [-0.05, 0) is 64.3 Å². The summed E-state index contributed by atoms with van der Waals surface area (Å²) in [5.74, 6) is 1.11. The maximum absolute atomic E-state index is 3.88. The molecular weight excluding hydrogens is 603 g/mol. The first-order valence-electron chi connectivity index (χ1n) is 16.7. The standard InChI is InChI=1S/C44H31N3S/c1-4-13-29(14-5-1)30-23-25-33(26-24-30)44-45-43(32-17-8-3-9-18-32)47(44)46-39-22-11-10-19-35(39)36-27-28-38-37-21-12-20-34(31-15-6-2-7-16-31)41(37)48-42(38)40(36)46/h1-11,13-20,22-28,43H,12,21H2/p+1. The van der Waals surface area contributed by atoms with Crippen LogP contribution < -0.4 is 5.32 Å². The van der Waals surface area contributed by atoms with Crippen LogP contribution >= 0.6 is 11.3 Å². The van der Waals surface area contributed by atoms with Crippen LogP contribution in [0.15, 0.2) is 158 Å². The number of aromatic nitrogens is 1. The summed E-state index contributed by atoms with van der Waals surface area (Å²) in [6, 6.07) is 55.0. The van der Waals surface area contributed by atoms with Gasteiger partial charge in [-0.2, -0.15) is 4.68 Å². The number of nitrogens with zero attached hydrogens (tertiary/aromatic N) is 2. The number of nitrogens with one attached hydrogen (secondary N) is 1. The van der Waals surface area contributed by atoms with E-state index in [0.29, 0.717) is 0 Å². The van der Waals surface area contributed by atoms with Gasteiger partial charge in [0.15, 0.2) is 0 Å². The number of para-hydroxylation sites is 1. The van der Waals surface area contributed by atoms with Gasteiger partial charge in [0.2, 0.25) is 0 Å². The number of rotatable bonds is 5. The monoisotopic (exact) mass is 634 g/mol. The zero-order chi connectivity index (χ0) is 31.6. The van der Waals surface area contributed by atoms with Crippen LogP contribution in [0.3, 0.4) is 0 Å². The van der Waals surface area contributed by atoms with Crippen molar-refractivity contribution in [2.45, 2.75) is 19.0 Å². The topological polar surface area (TPSA) is 20.0 Å². The molecule has 0 fully saturated rings. The number of thiophene rings is 1. The Labute approximate surface area is 283 Å². The molecule has 2 aliphatic rings. The van der Waals surface area contributed by atoms with Crippen molar-refractivity contribution in [2.75, 3.05) is 0 Å². The second kappa shape index (κ2) is 10.9. The third kappa shape index (κ3) is 4.16. The SMILES string of the molecule is C1=C(c2ccccc2)c2sc3c(ccc4c5ccccc5n([N+]5=C(c6ccc(-c7ccccc7)cc6)NC5c5ccccc5)c43)c2CC1. The van der Waals surface area contributed by atoms with E-state index in [1.165, 1.54) is 75.7 Å². The quantitative estimate of drug-likeness (QED) is 0.187. The summed E-state index contributed by atoms with van der Waals surface area (Å²) >= 11 is 1.96. The molecule has 228 valence electrons. The van der Waals surface area contributed by atoms with Gasteiger partial charge in [0.25, 0.3) is 6.17 Å². The van der Waals surface area contributed by atoms with Crippen LogP contribution in [0, 0.1) is 0 Å². The summed E-state index contributed by atoms with van der Waals surface area (Å²) in [5.41, 5.74) is 11.5. The fraction of sp³-hybridized carbons (Fsp3) is 0.0682. The molecule has 3 nitrogen and oxygen atoms in total. The maximum Gasteiger partial charge on any atom is 0.308 e. The van der Waals surface area contributed by atoms with Gasteiger partial charge >= 0.3 is 5.84 Å². The molecule has 1 aliphatic carbocycles. The van der Waals surface area contributed by atoms with E-state index in [4.69, 9.17) is 0 Å². The Balaban J connectivity index is 1.24. The van der Waals surface area contributed by atoms with E-state index in [-0.39, 0.29) is 6.17 Å².